The molecule has 3 aromatic rings. The standard InChI is InChI=1S/C23H24N2O6S2/c1-3-30-23(27)21-16-10-11-33(28,29)13-18(16)32-22(21)25-19(26)8-9-20-24-12-17(31-20)15-6-4-14(2)5-7-15/h4-7,12H,3,8-11,13H2,1-2H3,(H,25,26). The minimum atomic E-state index is -3.21. The maximum absolute atomic E-state index is 12.6. The number of hydrogen-bond donors (Lipinski definition) is 1. The van der Waals surface area contributed by atoms with Crippen molar-refractivity contribution in [2.24, 2.45) is 0 Å². The summed E-state index contributed by atoms with van der Waals surface area (Å²) in [4.78, 5) is 30.0. The molecule has 1 N–H and O–H groups in total. The van der Waals surface area contributed by atoms with Gasteiger partial charge < -0.3 is 14.5 Å². The van der Waals surface area contributed by atoms with Gasteiger partial charge in [-0.2, -0.15) is 0 Å². The Morgan fingerprint density at radius 1 is 1.24 bits per heavy atom. The number of fused-ring (bicyclic) bond motifs is 1. The van der Waals surface area contributed by atoms with E-state index in [-0.39, 0.29) is 48.8 Å². The molecular weight excluding hydrogens is 464 g/mol. The van der Waals surface area contributed by atoms with Gasteiger partial charge in [0.05, 0.1) is 29.9 Å². The number of oxazole rings is 1. The zero-order chi connectivity index (χ0) is 23.6. The molecule has 174 valence electrons. The number of sulfone groups is 1. The number of aromatic nitrogens is 1. The molecule has 1 aliphatic heterocycles. The van der Waals surface area contributed by atoms with Gasteiger partial charge in [0.2, 0.25) is 5.91 Å². The Balaban J connectivity index is 1.46. The summed E-state index contributed by atoms with van der Waals surface area (Å²) in [6.45, 7) is 3.88. The molecule has 0 aliphatic carbocycles. The monoisotopic (exact) mass is 488 g/mol. The maximum atomic E-state index is 12.6. The van der Waals surface area contributed by atoms with E-state index in [0.29, 0.717) is 27.1 Å². The molecular formula is C23H24N2O6S2. The van der Waals surface area contributed by atoms with Crippen molar-refractivity contribution in [1.82, 2.24) is 4.98 Å². The van der Waals surface area contributed by atoms with Crippen LogP contribution in [0.1, 0.15) is 45.6 Å². The highest BCUT2D eigenvalue weighted by Gasteiger charge is 2.32. The van der Waals surface area contributed by atoms with Crippen LogP contribution in [-0.4, -0.2) is 37.6 Å². The Kier molecular flexibility index (Phi) is 6.66. The van der Waals surface area contributed by atoms with E-state index in [9.17, 15) is 18.0 Å². The van der Waals surface area contributed by atoms with E-state index in [4.69, 9.17) is 9.15 Å². The highest BCUT2D eigenvalue weighted by atomic mass is 32.2. The molecule has 0 radical (unpaired) electrons. The lowest BCUT2D eigenvalue weighted by Gasteiger charge is -2.13. The highest BCUT2D eigenvalue weighted by Crippen LogP contribution is 2.38. The van der Waals surface area contributed by atoms with Gasteiger partial charge in [0.15, 0.2) is 21.5 Å². The van der Waals surface area contributed by atoms with Crippen LogP contribution in [0.15, 0.2) is 34.9 Å². The zero-order valence-electron chi connectivity index (χ0n) is 18.3. The van der Waals surface area contributed by atoms with Crippen LogP contribution in [0, 0.1) is 6.92 Å². The first-order chi connectivity index (χ1) is 15.8. The van der Waals surface area contributed by atoms with E-state index in [2.05, 4.69) is 10.3 Å². The summed E-state index contributed by atoms with van der Waals surface area (Å²) in [6.07, 6.45) is 2.24. The van der Waals surface area contributed by atoms with Crippen molar-refractivity contribution in [3.63, 3.8) is 0 Å². The molecule has 4 rings (SSSR count). The van der Waals surface area contributed by atoms with E-state index >= 15 is 0 Å². The number of thiophene rings is 1. The number of carbonyl (C=O) groups is 2. The summed E-state index contributed by atoms with van der Waals surface area (Å²) in [5.74, 6) is 0.0272. The normalized spacial score (nSPS) is 14.5. The first-order valence-corrected chi connectivity index (χ1v) is 13.2. The fraction of sp³-hybridized carbons (Fsp3) is 0.348. The topological polar surface area (TPSA) is 116 Å². The quantitative estimate of drug-likeness (QED) is 0.501. The molecule has 8 nitrogen and oxygen atoms in total. The maximum Gasteiger partial charge on any atom is 0.341 e. The van der Waals surface area contributed by atoms with Crippen molar-refractivity contribution in [2.45, 2.75) is 38.9 Å². The number of rotatable bonds is 7. The van der Waals surface area contributed by atoms with Crippen LogP contribution >= 0.6 is 11.3 Å². The van der Waals surface area contributed by atoms with Crippen LogP contribution in [-0.2, 0) is 38.0 Å². The Morgan fingerprint density at radius 3 is 2.73 bits per heavy atom. The second-order valence-corrected chi connectivity index (χ2v) is 11.1. The van der Waals surface area contributed by atoms with E-state index in [1.54, 1.807) is 13.1 Å². The van der Waals surface area contributed by atoms with Crippen molar-refractivity contribution in [3.05, 3.63) is 57.9 Å². The number of esters is 1. The van der Waals surface area contributed by atoms with E-state index in [1.165, 1.54) is 0 Å². The lowest BCUT2D eigenvalue weighted by atomic mass is 10.1. The molecule has 33 heavy (non-hydrogen) atoms. The summed E-state index contributed by atoms with van der Waals surface area (Å²) in [5.41, 5.74) is 2.96. The van der Waals surface area contributed by atoms with Crippen LogP contribution in [0.4, 0.5) is 5.00 Å². The number of anilines is 1. The van der Waals surface area contributed by atoms with Crippen LogP contribution in [0.25, 0.3) is 11.3 Å². The molecule has 10 heteroatoms. The molecule has 0 bridgehead atoms. The SMILES string of the molecule is CCOC(=O)c1c(NC(=O)CCc2ncc(-c3ccc(C)cc3)o2)sc2c1CCS(=O)(=O)C2. The van der Waals surface area contributed by atoms with Crippen LogP contribution in [0.2, 0.25) is 0 Å². The molecule has 0 saturated carbocycles. The molecule has 0 fully saturated rings. The van der Waals surface area contributed by atoms with Crippen molar-refractivity contribution >= 4 is 38.1 Å². The lowest BCUT2D eigenvalue weighted by molar-refractivity contribution is -0.116. The summed E-state index contributed by atoms with van der Waals surface area (Å²) < 4.78 is 34.9. The molecule has 1 aliphatic rings. The third-order valence-electron chi connectivity index (χ3n) is 5.29. The van der Waals surface area contributed by atoms with E-state index < -0.39 is 15.8 Å². The predicted octanol–water partition coefficient (Wildman–Crippen LogP) is 3.93. The van der Waals surface area contributed by atoms with Gasteiger partial charge in [-0.1, -0.05) is 29.8 Å². The minimum Gasteiger partial charge on any atom is -0.462 e. The largest absolute Gasteiger partial charge is 0.462 e. The first-order valence-electron chi connectivity index (χ1n) is 10.6. The average molecular weight is 489 g/mol. The molecule has 0 saturated heterocycles. The zero-order valence-corrected chi connectivity index (χ0v) is 20.0. The van der Waals surface area contributed by atoms with E-state index in [1.807, 2.05) is 31.2 Å². The highest BCUT2D eigenvalue weighted by molar-refractivity contribution is 7.90. The predicted molar refractivity (Wildman–Crippen MR) is 125 cm³/mol. The number of carbonyl (C=O) groups excluding carboxylic acids is 2. The fourth-order valence-electron chi connectivity index (χ4n) is 3.62. The minimum absolute atomic E-state index is 0.0238. The first kappa shape index (κ1) is 23.2. The molecule has 1 amide bonds. The molecule has 3 heterocycles. The van der Waals surface area contributed by atoms with Gasteiger partial charge in [-0.05, 0) is 25.8 Å². The Labute approximate surface area is 195 Å². The van der Waals surface area contributed by atoms with Gasteiger partial charge in [0.1, 0.15) is 5.00 Å². The van der Waals surface area contributed by atoms with Crippen LogP contribution in [0.5, 0.6) is 0 Å². The van der Waals surface area contributed by atoms with Gasteiger partial charge in [-0.25, -0.2) is 18.2 Å². The third kappa shape index (κ3) is 5.33. The lowest BCUT2D eigenvalue weighted by Crippen LogP contribution is -2.20. The van der Waals surface area contributed by atoms with Crippen LogP contribution in [0.3, 0.4) is 0 Å². The number of aryl methyl sites for hydroxylation is 2. The molecule has 2 aromatic heterocycles. The number of nitrogens with zero attached hydrogens (tertiary/aromatic N) is 1. The molecule has 0 spiro atoms. The number of hydrogen-bond acceptors (Lipinski definition) is 8. The second kappa shape index (κ2) is 9.48. The second-order valence-electron chi connectivity index (χ2n) is 7.80. The number of benzene rings is 1. The Bertz CT molecular complexity index is 1290. The fourth-order valence-corrected chi connectivity index (χ4v) is 6.67. The Hall–Kier alpha value is -2.98. The molecule has 0 atom stereocenters. The third-order valence-corrected chi connectivity index (χ3v) is 8.18. The van der Waals surface area contributed by atoms with Crippen molar-refractivity contribution in [2.75, 3.05) is 17.7 Å². The molecule has 0 unspecified atom stereocenters. The van der Waals surface area contributed by atoms with Crippen molar-refractivity contribution < 1.29 is 27.2 Å². The van der Waals surface area contributed by atoms with Gasteiger partial charge in [-0.3, -0.25) is 4.79 Å². The van der Waals surface area contributed by atoms with Gasteiger partial charge >= 0.3 is 5.97 Å². The van der Waals surface area contributed by atoms with Gasteiger partial charge in [0, 0.05) is 23.3 Å². The Morgan fingerprint density at radius 2 is 2.00 bits per heavy atom. The number of nitrogens with one attached hydrogen (secondary N) is 1. The van der Waals surface area contributed by atoms with E-state index in [0.717, 1.165) is 22.5 Å². The van der Waals surface area contributed by atoms with Crippen molar-refractivity contribution in [3.8, 4) is 11.3 Å². The van der Waals surface area contributed by atoms with Crippen LogP contribution < -0.4 is 5.32 Å². The molecule has 1 aromatic carbocycles. The van der Waals surface area contributed by atoms with Gasteiger partial charge in [0.25, 0.3) is 0 Å². The number of ether oxygens (including phenoxy) is 1. The summed E-state index contributed by atoms with van der Waals surface area (Å²) in [7, 11) is -3.21. The smallest absolute Gasteiger partial charge is 0.341 e. The summed E-state index contributed by atoms with van der Waals surface area (Å²) in [5, 5.41) is 3.09. The van der Waals surface area contributed by atoms with Gasteiger partial charge in [-0.15, -0.1) is 11.3 Å². The number of amides is 1. The summed E-state index contributed by atoms with van der Waals surface area (Å²) in [6, 6.07) is 7.86. The summed E-state index contributed by atoms with van der Waals surface area (Å²) >= 11 is 1.12. The van der Waals surface area contributed by atoms with Crippen molar-refractivity contribution in [1.29, 1.82) is 0 Å². The average Bonchev–Trinajstić information content (AvgIpc) is 3.36.